The number of fused-ring (bicyclic) bond motifs is 7. The van der Waals surface area contributed by atoms with E-state index in [2.05, 4.69) is 383 Å². The van der Waals surface area contributed by atoms with Gasteiger partial charge in [-0.15, -0.1) is 0 Å². The van der Waals surface area contributed by atoms with Crippen LogP contribution in [0.15, 0.2) is 206 Å². The zero-order chi connectivity index (χ0) is 68.0. The lowest BCUT2D eigenvalue weighted by atomic mass is 9.33. The quantitative estimate of drug-likeness (QED) is 0.141. The van der Waals surface area contributed by atoms with E-state index in [0.29, 0.717) is 0 Å². The van der Waals surface area contributed by atoms with E-state index in [4.69, 9.17) is 0 Å². The van der Waals surface area contributed by atoms with Gasteiger partial charge in [0.2, 0.25) is 0 Å². The third-order valence-electron chi connectivity index (χ3n) is 20.5. The molecule has 5 nitrogen and oxygen atoms in total. The van der Waals surface area contributed by atoms with Gasteiger partial charge < -0.3 is 24.2 Å². The van der Waals surface area contributed by atoms with Crippen molar-refractivity contribution < 1.29 is 0 Å². The number of hydrogen-bond donors (Lipinski definition) is 0. The smallest absolute Gasteiger partial charge is 0.252 e. The Morgan fingerprint density at radius 1 is 0.274 bits per heavy atom. The van der Waals surface area contributed by atoms with E-state index in [9.17, 15) is 0 Å². The van der Waals surface area contributed by atoms with E-state index < -0.39 is 0 Å². The van der Waals surface area contributed by atoms with Gasteiger partial charge in [-0.1, -0.05) is 249 Å². The highest BCUT2D eigenvalue weighted by Gasteiger charge is 2.46. The number of anilines is 12. The average Bonchev–Trinajstić information content (AvgIpc) is 1.40. The van der Waals surface area contributed by atoms with Crippen LogP contribution >= 0.6 is 0 Å². The van der Waals surface area contributed by atoms with Crippen LogP contribution in [0.5, 0.6) is 0 Å². The lowest BCUT2D eigenvalue weighted by Crippen LogP contribution is -2.61. The zero-order valence-electron chi connectivity index (χ0n) is 60.9. The fraction of sp³-hybridized carbons (Fsp3) is 0.326. The number of aryl methyl sites for hydroxylation is 1. The molecule has 11 aromatic rings. The lowest BCUT2D eigenvalue weighted by molar-refractivity contribution is 0.590. The Balaban J connectivity index is 1.20. The summed E-state index contributed by atoms with van der Waals surface area (Å²) in [6, 6.07) is 80.9. The van der Waals surface area contributed by atoms with Crippen LogP contribution in [0.4, 0.5) is 68.2 Å². The Bertz CT molecular complexity index is 4610. The summed E-state index contributed by atoms with van der Waals surface area (Å²) in [5.74, 6) is 0. The van der Waals surface area contributed by atoms with E-state index in [1.165, 1.54) is 83.0 Å². The summed E-state index contributed by atoms with van der Waals surface area (Å²) in [4.78, 5) is 10.3. The molecule has 0 saturated carbocycles. The van der Waals surface area contributed by atoms with Crippen molar-refractivity contribution in [2.45, 2.75) is 183 Å². The van der Waals surface area contributed by atoms with Crippen molar-refractivity contribution in [3.05, 3.63) is 245 Å². The Morgan fingerprint density at radius 3 is 0.968 bits per heavy atom. The first-order valence-corrected chi connectivity index (χ1v) is 34.7. The normalized spacial score (nSPS) is 13.7. The second-order valence-electron chi connectivity index (χ2n) is 34.6. The average molecular weight is 1250 g/mol. The molecule has 13 rings (SSSR count). The van der Waals surface area contributed by atoms with Crippen LogP contribution in [-0.2, 0) is 45.0 Å². The molecule has 0 amide bonds. The summed E-state index contributed by atoms with van der Waals surface area (Å²) >= 11 is 0. The van der Waals surface area contributed by atoms with Gasteiger partial charge in [0, 0.05) is 74.5 Å². The molecular weight excluding hydrogens is 1150 g/mol. The predicted molar refractivity (Wildman–Crippen MR) is 415 cm³/mol. The monoisotopic (exact) mass is 1250 g/mol. The molecule has 1 aromatic heterocycles. The molecule has 2 aliphatic heterocycles. The van der Waals surface area contributed by atoms with Crippen LogP contribution in [0.1, 0.15) is 184 Å². The van der Waals surface area contributed by atoms with Gasteiger partial charge in [-0.3, -0.25) is 0 Å². The molecule has 2 aliphatic rings. The summed E-state index contributed by atoms with van der Waals surface area (Å²) in [5.41, 5.74) is 28.4. The molecule has 0 radical (unpaired) electrons. The third-order valence-corrected chi connectivity index (χ3v) is 20.5. The maximum atomic E-state index is 2.70. The Kier molecular flexibility index (Phi) is 15.5. The molecule has 0 unspecified atom stereocenters. The standard InChI is InChI=1S/C89H100BN5/c1-83(2,3)57-27-39-64(40-28-57)92(65-41-29-58(30-42-65)84(4,5)6)69-53-77-81(71-25-23-24-26-74(71)91(77)22)78(54-69)95-76-50-38-63(89(19,20)21)52-73(76)90-72-51-62(88(16,17)18)37-49-75(72)94(68-47-35-61(36-48-68)87(13,14)15)79-55-70(56-80(95)82(79)90)93(66-43-31-59(32-44-66)85(7,8)9)67-45-33-60(34-46-67)86(10,11)12/h23-56H,1-22H3. The van der Waals surface area contributed by atoms with Crippen LogP contribution < -0.4 is 36.0 Å². The maximum Gasteiger partial charge on any atom is 0.252 e. The van der Waals surface area contributed by atoms with Crippen LogP contribution in [0.3, 0.4) is 0 Å². The number of para-hydroxylation sites is 1. The lowest BCUT2D eigenvalue weighted by Gasteiger charge is -2.46. The van der Waals surface area contributed by atoms with Gasteiger partial charge in [-0.05, 0) is 196 Å². The van der Waals surface area contributed by atoms with Crippen molar-refractivity contribution in [3.8, 4) is 0 Å². The highest BCUT2D eigenvalue weighted by Crippen LogP contribution is 2.53. The zero-order valence-corrected chi connectivity index (χ0v) is 60.9. The van der Waals surface area contributed by atoms with Crippen LogP contribution in [0, 0.1) is 0 Å². The molecule has 0 saturated heterocycles. The highest BCUT2D eigenvalue weighted by atomic mass is 15.2. The minimum Gasteiger partial charge on any atom is -0.343 e. The molecular formula is C89H100BN5. The fourth-order valence-electron chi connectivity index (χ4n) is 14.6. The van der Waals surface area contributed by atoms with Crippen LogP contribution in [0.2, 0.25) is 0 Å². The SMILES string of the molecule is Cn1c2ccccc2c2c(N3c4ccc(C(C)(C)C)cc4B4c5cc(C(C)(C)C)ccc5N(c5ccc(C(C)(C)C)cc5)c5cc(N(c6ccc(C(C)(C)C)cc6)c6ccc(C(C)(C)C)cc6)cc3c54)cc(N(c3ccc(C(C)(C)C)cc3)c3ccc(C(C)(C)C)cc3)cc21. The van der Waals surface area contributed by atoms with E-state index in [0.717, 1.165) is 62.4 Å². The highest BCUT2D eigenvalue weighted by molar-refractivity contribution is 7.00. The van der Waals surface area contributed by atoms with Gasteiger partial charge in [0.25, 0.3) is 6.71 Å². The van der Waals surface area contributed by atoms with Gasteiger partial charge in [0.05, 0.1) is 22.6 Å². The molecule has 6 heteroatoms. The maximum absolute atomic E-state index is 2.70. The van der Waals surface area contributed by atoms with Crippen molar-refractivity contribution in [1.29, 1.82) is 0 Å². The molecule has 0 bridgehead atoms. The minimum atomic E-state index is -0.140. The Morgan fingerprint density at radius 2 is 0.589 bits per heavy atom. The van der Waals surface area contributed by atoms with Crippen molar-refractivity contribution in [2.24, 2.45) is 7.05 Å². The van der Waals surface area contributed by atoms with E-state index in [1.54, 1.807) is 0 Å². The van der Waals surface area contributed by atoms with Crippen molar-refractivity contribution in [1.82, 2.24) is 4.57 Å². The number of benzene rings is 10. The second-order valence-corrected chi connectivity index (χ2v) is 34.6. The summed E-state index contributed by atoms with van der Waals surface area (Å²) in [7, 11) is 2.26. The first-order valence-electron chi connectivity index (χ1n) is 34.7. The van der Waals surface area contributed by atoms with Crippen LogP contribution in [-0.4, -0.2) is 11.3 Å². The first kappa shape index (κ1) is 64.9. The summed E-state index contributed by atoms with van der Waals surface area (Å²) in [6.07, 6.45) is 0. The van der Waals surface area contributed by atoms with E-state index in [1.807, 2.05) is 0 Å². The topological polar surface area (TPSA) is 17.9 Å². The summed E-state index contributed by atoms with van der Waals surface area (Å²) in [6.45, 7) is 48.7. The molecule has 0 spiro atoms. The molecule has 0 atom stereocenters. The van der Waals surface area contributed by atoms with Crippen molar-refractivity contribution in [3.63, 3.8) is 0 Å². The minimum absolute atomic E-state index is 0.0192. The van der Waals surface area contributed by atoms with Gasteiger partial charge >= 0.3 is 0 Å². The molecule has 3 heterocycles. The van der Waals surface area contributed by atoms with Crippen molar-refractivity contribution in [2.75, 3.05) is 19.6 Å². The number of aromatic nitrogens is 1. The molecule has 10 aromatic carbocycles. The molecule has 0 aliphatic carbocycles. The number of rotatable bonds is 8. The third kappa shape index (κ3) is 11.8. The van der Waals surface area contributed by atoms with E-state index >= 15 is 0 Å². The second kappa shape index (κ2) is 22.7. The van der Waals surface area contributed by atoms with Gasteiger partial charge in [0.1, 0.15) is 0 Å². The summed E-state index contributed by atoms with van der Waals surface area (Å²) < 4.78 is 2.43. The molecule has 0 N–H and O–H groups in total. The summed E-state index contributed by atoms with van der Waals surface area (Å²) in [5, 5.41) is 2.41. The molecule has 95 heavy (non-hydrogen) atoms. The Labute approximate surface area is 569 Å². The largest absolute Gasteiger partial charge is 0.343 e. The van der Waals surface area contributed by atoms with Gasteiger partial charge in [-0.25, -0.2) is 0 Å². The molecule has 484 valence electrons. The Hall–Kier alpha value is -8.74. The van der Waals surface area contributed by atoms with Gasteiger partial charge in [-0.2, -0.15) is 0 Å². The van der Waals surface area contributed by atoms with Crippen LogP contribution in [0.25, 0.3) is 21.8 Å². The van der Waals surface area contributed by atoms with Crippen molar-refractivity contribution >= 4 is 113 Å². The number of nitrogens with zero attached hydrogens (tertiary/aromatic N) is 5. The van der Waals surface area contributed by atoms with Gasteiger partial charge in [0.15, 0.2) is 0 Å². The molecule has 0 fully saturated rings. The fourth-order valence-corrected chi connectivity index (χ4v) is 14.6. The number of hydrogen-bond acceptors (Lipinski definition) is 4. The van der Waals surface area contributed by atoms with E-state index in [-0.39, 0.29) is 44.6 Å². The first-order chi connectivity index (χ1) is 44.4. The predicted octanol–water partition coefficient (Wildman–Crippen LogP) is 23.4.